The van der Waals surface area contributed by atoms with Crippen molar-refractivity contribution >= 4 is 5.91 Å². The predicted molar refractivity (Wildman–Crippen MR) is 75.7 cm³/mol. The smallest absolute Gasteiger partial charge is 0.254 e. The van der Waals surface area contributed by atoms with Crippen LogP contribution in [0.5, 0.6) is 5.75 Å². The number of carbonyl (C=O) groups excluding carboxylic acids is 1. The third kappa shape index (κ3) is 2.64. The lowest BCUT2D eigenvalue weighted by molar-refractivity contribution is 0.0177. The lowest BCUT2D eigenvalue weighted by Crippen LogP contribution is -2.56. The van der Waals surface area contributed by atoms with Gasteiger partial charge in [-0.3, -0.25) is 9.78 Å². The highest BCUT2D eigenvalue weighted by atomic mass is 16.5. The first-order chi connectivity index (χ1) is 9.72. The lowest BCUT2D eigenvalue weighted by atomic mass is 10.1. The summed E-state index contributed by atoms with van der Waals surface area (Å²) in [7, 11) is 0. The van der Waals surface area contributed by atoms with Gasteiger partial charge in [-0.15, -0.1) is 0 Å². The Morgan fingerprint density at radius 1 is 1.15 bits per heavy atom. The van der Waals surface area contributed by atoms with Crippen molar-refractivity contribution in [3.05, 3.63) is 59.9 Å². The summed E-state index contributed by atoms with van der Waals surface area (Å²) in [6.07, 6.45) is 3.47. The van der Waals surface area contributed by atoms with Gasteiger partial charge in [-0.05, 0) is 31.2 Å². The number of amides is 1. The monoisotopic (exact) mass is 268 g/mol. The number of aromatic nitrogens is 1. The number of carbonyl (C=O) groups is 1. The number of pyridine rings is 1. The van der Waals surface area contributed by atoms with E-state index in [2.05, 4.69) is 4.98 Å². The van der Waals surface area contributed by atoms with Gasteiger partial charge in [0, 0.05) is 18.0 Å². The van der Waals surface area contributed by atoms with E-state index >= 15 is 0 Å². The minimum atomic E-state index is 0.0691. The molecule has 1 aromatic carbocycles. The largest absolute Gasteiger partial charge is 0.487 e. The van der Waals surface area contributed by atoms with Gasteiger partial charge in [-0.25, -0.2) is 0 Å². The molecule has 102 valence electrons. The van der Waals surface area contributed by atoms with Crippen molar-refractivity contribution in [3.63, 3.8) is 0 Å². The van der Waals surface area contributed by atoms with Gasteiger partial charge in [-0.1, -0.05) is 17.7 Å². The van der Waals surface area contributed by atoms with E-state index in [1.54, 1.807) is 17.3 Å². The molecule has 0 N–H and O–H groups in total. The van der Waals surface area contributed by atoms with E-state index < -0.39 is 0 Å². The van der Waals surface area contributed by atoms with Crippen LogP contribution < -0.4 is 4.74 Å². The number of aryl methyl sites for hydroxylation is 1. The summed E-state index contributed by atoms with van der Waals surface area (Å²) in [6, 6.07) is 11.3. The number of hydrogen-bond donors (Lipinski definition) is 0. The molecule has 1 saturated heterocycles. The lowest BCUT2D eigenvalue weighted by Gasteiger charge is -2.39. The van der Waals surface area contributed by atoms with Crippen LogP contribution in [0.3, 0.4) is 0 Å². The van der Waals surface area contributed by atoms with Crippen molar-refractivity contribution in [2.24, 2.45) is 0 Å². The Bertz CT molecular complexity index is 590. The second-order valence-corrected chi connectivity index (χ2v) is 5.00. The van der Waals surface area contributed by atoms with Crippen molar-refractivity contribution in [2.45, 2.75) is 13.0 Å². The summed E-state index contributed by atoms with van der Waals surface area (Å²) in [5, 5.41) is 0. The Kier molecular flexibility index (Phi) is 3.37. The number of nitrogens with zero attached hydrogens (tertiary/aromatic N) is 2. The van der Waals surface area contributed by atoms with E-state index in [-0.39, 0.29) is 12.0 Å². The fraction of sp³-hybridized carbons (Fsp3) is 0.250. The zero-order valence-electron chi connectivity index (χ0n) is 11.3. The van der Waals surface area contributed by atoms with Gasteiger partial charge in [0.25, 0.3) is 5.91 Å². The Morgan fingerprint density at radius 3 is 2.45 bits per heavy atom. The van der Waals surface area contributed by atoms with Crippen LogP contribution in [0.15, 0.2) is 48.8 Å². The molecule has 0 unspecified atom stereocenters. The van der Waals surface area contributed by atoms with Crippen LogP contribution in [-0.4, -0.2) is 35.0 Å². The molecule has 2 aromatic rings. The molecular formula is C16H16N2O2. The van der Waals surface area contributed by atoms with E-state index in [1.165, 1.54) is 0 Å². The molecular weight excluding hydrogens is 252 g/mol. The average molecular weight is 268 g/mol. The van der Waals surface area contributed by atoms with Gasteiger partial charge in [0.2, 0.25) is 0 Å². The van der Waals surface area contributed by atoms with Crippen LogP contribution in [0.1, 0.15) is 15.9 Å². The molecule has 1 aliphatic heterocycles. The molecule has 1 aromatic heterocycles. The van der Waals surface area contributed by atoms with E-state index in [0.717, 1.165) is 16.9 Å². The molecule has 4 heteroatoms. The zero-order valence-corrected chi connectivity index (χ0v) is 11.3. The molecule has 0 spiro atoms. The highest BCUT2D eigenvalue weighted by molar-refractivity contribution is 5.94. The molecule has 4 nitrogen and oxygen atoms in total. The maximum Gasteiger partial charge on any atom is 0.254 e. The van der Waals surface area contributed by atoms with Crippen LogP contribution in [0, 0.1) is 6.92 Å². The molecule has 0 bridgehead atoms. The highest BCUT2D eigenvalue weighted by Gasteiger charge is 2.32. The maximum absolute atomic E-state index is 12.2. The van der Waals surface area contributed by atoms with Crippen molar-refractivity contribution < 1.29 is 9.53 Å². The highest BCUT2D eigenvalue weighted by Crippen LogP contribution is 2.19. The van der Waals surface area contributed by atoms with Crippen LogP contribution in [0.25, 0.3) is 0 Å². The fourth-order valence-electron chi connectivity index (χ4n) is 2.17. The second-order valence-electron chi connectivity index (χ2n) is 5.00. The Labute approximate surface area is 118 Å². The minimum Gasteiger partial charge on any atom is -0.487 e. The number of hydrogen-bond acceptors (Lipinski definition) is 3. The predicted octanol–water partition coefficient (Wildman–Crippen LogP) is 2.29. The third-order valence-corrected chi connectivity index (χ3v) is 3.39. The van der Waals surface area contributed by atoms with Crippen molar-refractivity contribution in [2.75, 3.05) is 13.1 Å². The van der Waals surface area contributed by atoms with Gasteiger partial charge in [0.1, 0.15) is 11.9 Å². The number of benzene rings is 1. The fourth-order valence-corrected chi connectivity index (χ4v) is 2.17. The van der Waals surface area contributed by atoms with Gasteiger partial charge >= 0.3 is 0 Å². The van der Waals surface area contributed by atoms with E-state index in [9.17, 15) is 4.79 Å². The number of ether oxygens (including phenoxy) is 1. The Hall–Kier alpha value is -2.36. The summed E-state index contributed by atoms with van der Waals surface area (Å²) in [6.45, 7) is 3.28. The molecule has 2 heterocycles. The molecule has 1 fully saturated rings. The molecule has 0 radical (unpaired) electrons. The van der Waals surface area contributed by atoms with Crippen molar-refractivity contribution in [1.29, 1.82) is 0 Å². The van der Waals surface area contributed by atoms with Crippen LogP contribution in [-0.2, 0) is 0 Å². The topological polar surface area (TPSA) is 42.4 Å². The first kappa shape index (κ1) is 12.7. The first-order valence-electron chi connectivity index (χ1n) is 6.65. The van der Waals surface area contributed by atoms with Gasteiger partial charge in [0.05, 0.1) is 13.1 Å². The van der Waals surface area contributed by atoms with Crippen LogP contribution >= 0.6 is 0 Å². The van der Waals surface area contributed by atoms with E-state index in [0.29, 0.717) is 13.1 Å². The van der Waals surface area contributed by atoms with E-state index in [1.807, 2.05) is 43.3 Å². The SMILES string of the molecule is Cc1ccc(C(=O)N2CC(Oc3ccncc3)C2)cc1. The molecule has 3 rings (SSSR count). The van der Waals surface area contributed by atoms with Gasteiger partial charge < -0.3 is 9.64 Å². The minimum absolute atomic E-state index is 0.0691. The number of rotatable bonds is 3. The molecule has 0 atom stereocenters. The quantitative estimate of drug-likeness (QED) is 0.857. The van der Waals surface area contributed by atoms with Gasteiger partial charge in [0.15, 0.2) is 0 Å². The zero-order chi connectivity index (χ0) is 13.9. The van der Waals surface area contributed by atoms with Crippen LogP contribution in [0.4, 0.5) is 0 Å². The summed E-state index contributed by atoms with van der Waals surface area (Å²) < 4.78 is 5.75. The Morgan fingerprint density at radius 2 is 1.80 bits per heavy atom. The van der Waals surface area contributed by atoms with Gasteiger partial charge in [-0.2, -0.15) is 0 Å². The molecule has 1 amide bonds. The second kappa shape index (κ2) is 5.33. The first-order valence-corrected chi connectivity index (χ1v) is 6.65. The van der Waals surface area contributed by atoms with Crippen molar-refractivity contribution in [1.82, 2.24) is 9.88 Å². The average Bonchev–Trinajstić information content (AvgIpc) is 2.44. The molecule has 0 saturated carbocycles. The summed E-state index contributed by atoms with van der Waals surface area (Å²) in [5.41, 5.74) is 1.89. The van der Waals surface area contributed by atoms with Crippen LogP contribution in [0.2, 0.25) is 0 Å². The van der Waals surface area contributed by atoms with Crippen molar-refractivity contribution in [3.8, 4) is 5.75 Å². The molecule has 0 aliphatic carbocycles. The summed E-state index contributed by atoms with van der Waals surface area (Å²) >= 11 is 0. The molecule has 20 heavy (non-hydrogen) atoms. The summed E-state index contributed by atoms with van der Waals surface area (Å²) in [4.78, 5) is 17.9. The number of likely N-dealkylation sites (tertiary alicyclic amines) is 1. The maximum atomic E-state index is 12.2. The normalized spacial score (nSPS) is 14.8. The summed E-state index contributed by atoms with van der Waals surface area (Å²) in [5.74, 6) is 0.868. The third-order valence-electron chi connectivity index (χ3n) is 3.39. The standard InChI is InChI=1S/C16H16N2O2/c1-12-2-4-13(5-3-12)16(19)18-10-15(11-18)20-14-6-8-17-9-7-14/h2-9,15H,10-11H2,1H3. The van der Waals surface area contributed by atoms with E-state index in [4.69, 9.17) is 4.74 Å². The molecule has 1 aliphatic rings. The Balaban J connectivity index is 1.55.